The van der Waals surface area contributed by atoms with Gasteiger partial charge in [-0.3, -0.25) is 9.59 Å². The third kappa shape index (κ3) is 3.56. The number of carbonyl (C=O) groups excluding carboxylic acids is 2. The smallest absolute Gasteiger partial charge is 0.245 e. The first-order valence-corrected chi connectivity index (χ1v) is 5.87. The van der Waals surface area contributed by atoms with Crippen LogP contribution in [0.1, 0.15) is 20.3 Å². The Labute approximate surface area is 102 Å². The van der Waals surface area contributed by atoms with Crippen LogP contribution in [0, 0.1) is 0 Å². The fourth-order valence-corrected chi connectivity index (χ4v) is 1.71. The van der Waals surface area contributed by atoms with Crippen molar-refractivity contribution in [3.63, 3.8) is 0 Å². The van der Waals surface area contributed by atoms with Crippen LogP contribution < -0.4 is 5.32 Å². The van der Waals surface area contributed by atoms with E-state index in [1.807, 2.05) is 0 Å². The Kier molecular flexibility index (Phi) is 5.15. The normalized spacial score (nSPS) is 24.7. The van der Waals surface area contributed by atoms with Crippen molar-refractivity contribution >= 4 is 11.8 Å². The third-order valence-corrected chi connectivity index (χ3v) is 2.80. The molecule has 1 fully saturated rings. The van der Waals surface area contributed by atoms with E-state index >= 15 is 0 Å². The maximum absolute atomic E-state index is 11.8. The van der Waals surface area contributed by atoms with Gasteiger partial charge in [0.05, 0.1) is 13.2 Å². The molecule has 0 aliphatic carbocycles. The minimum absolute atomic E-state index is 0.0515. The zero-order valence-corrected chi connectivity index (χ0v) is 10.4. The Morgan fingerprint density at radius 1 is 1.41 bits per heavy atom. The van der Waals surface area contributed by atoms with Gasteiger partial charge in [-0.2, -0.15) is 0 Å². The highest BCUT2D eigenvalue weighted by atomic mass is 16.5. The van der Waals surface area contributed by atoms with Crippen molar-refractivity contribution in [2.45, 2.75) is 32.4 Å². The summed E-state index contributed by atoms with van der Waals surface area (Å²) in [4.78, 5) is 24.9. The molecule has 0 aromatic rings. The Morgan fingerprint density at radius 2 is 2.12 bits per heavy atom. The van der Waals surface area contributed by atoms with Crippen LogP contribution in [0.15, 0.2) is 12.7 Å². The summed E-state index contributed by atoms with van der Waals surface area (Å²) in [6.07, 6.45) is 2.57. The highest BCUT2D eigenvalue weighted by Gasteiger charge is 2.35. The van der Waals surface area contributed by atoms with Crippen molar-refractivity contribution in [2.75, 3.05) is 19.8 Å². The lowest BCUT2D eigenvalue weighted by Crippen LogP contribution is -2.61. The van der Waals surface area contributed by atoms with E-state index in [9.17, 15) is 9.59 Å². The monoisotopic (exact) mass is 240 g/mol. The number of rotatable bonds is 6. The summed E-state index contributed by atoms with van der Waals surface area (Å²) in [5.41, 5.74) is 0. The van der Waals surface area contributed by atoms with E-state index in [0.29, 0.717) is 19.8 Å². The predicted octanol–water partition coefficient (Wildman–Crippen LogP) is 0.314. The van der Waals surface area contributed by atoms with E-state index in [2.05, 4.69) is 11.9 Å². The van der Waals surface area contributed by atoms with Crippen LogP contribution in [-0.2, 0) is 14.3 Å². The number of hydrogen-bond acceptors (Lipinski definition) is 3. The molecule has 0 saturated carbocycles. The second-order valence-electron chi connectivity index (χ2n) is 4.13. The summed E-state index contributed by atoms with van der Waals surface area (Å²) in [6.45, 7) is 8.51. The minimum Gasteiger partial charge on any atom is -0.379 e. The molecule has 96 valence electrons. The van der Waals surface area contributed by atoms with E-state index in [4.69, 9.17) is 4.74 Å². The second kappa shape index (κ2) is 6.39. The molecule has 0 aromatic heterocycles. The van der Waals surface area contributed by atoms with E-state index in [0.717, 1.165) is 6.42 Å². The molecule has 1 heterocycles. The van der Waals surface area contributed by atoms with Gasteiger partial charge in [0, 0.05) is 6.54 Å². The molecule has 0 spiro atoms. The summed E-state index contributed by atoms with van der Waals surface area (Å²) in [5, 5.41) is 2.64. The molecule has 2 unspecified atom stereocenters. The molecule has 17 heavy (non-hydrogen) atoms. The van der Waals surface area contributed by atoms with Gasteiger partial charge in [0.25, 0.3) is 0 Å². The summed E-state index contributed by atoms with van der Waals surface area (Å²) in [7, 11) is 0. The van der Waals surface area contributed by atoms with Crippen molar-refractivity contribution in [2.24, 2.45) is 0 Å². The Bertz CT molecular complexity index is 304. The van der Waals surface area contributed by atoms with Gasteiger partial charge in [-0.1, -0.05) is 6.08 Å². The van der Waals surface area contributed by atoms with Gasteiger partial charge in [-0.25, -0.2) is 0 Å². The van der Waals surface area contributed by atoms with Crippen LogP contribution in [0.4, 0.5) is 0 Å². The van der Waals surface area contributed by atoms with Crippen LogP contribution in [0.2, 0.25) is 0 Å². The van der Waals surface area contributed by atoms with Crippen molar-refractivity contribution in [3.05, 3.63) is 12.7 Å². The first kappa shape index (κ1) is 13.7. The molecular weight excluding hydrogens is 220 g/mol. The van der Waals surface area contributed by atoms with Crippen molar-refractivity contribution in [3.8, 4) is 0 Å². The van der Waals surface area contributed by atoms with Crippen molar-refractivity contribution < 1.29 is 14.3 Å². The number of hydrogen-bond donors (Lipinski definition) is 1. The highest BCUT2D eigenvalue weighted by Crippen LogP contribution is 2.09. The summed E-state index contributed by atoms with van der Waals surface area (Å²) >= 11 is 0. The molecule has 1 aliphatic rings. The SMILES string of the molecule is C=CCCOCCN1C(=O)C(C)NC(=O)C1C. The average Bonchev–Trinajstić information content (AvgIpc) is 2.30. The summed E-state index contributed by atoms with van der Waals surface area (Å²) < 4.78 is 5.35. The molecule has 0 bridgehead atoms. The topological polar surface area (TPSA) is 58.6 Å². The second-order valence-corrected chi connectivity index (χ2v) is 4.13. The lowest BCUT2D eigenvalue weighted by atomic mass is 10.1. The van der Waals surface area contributed by atoms with E-state index in [-0.39, 0.29) is 11.8 Å². The highest BCUT2D eigenvalue weighted by molar-refractivity contribution is 5.96. The summed E-state index contributed by atoms with van der Waals surface area (Å²) in [5.74, 6) is -0.160. The van der Waals surface area contributed by atoms with Crippen LogP contribution in [0.25, 0.3) is 0 Å². The number of nitrogens with zero attached hydrogens (tertiary/aromatic N) is 1. The summed E-state index contributed by atoms with van der Waals surface area (Å²) in [6, 6.07) is -0.853. The molecule has 1 saturated heterocycles. The lowest BCUT2D eigenvalue weighted by molar-refractivity contribution is -0.148. The average molecular weight is 240 g/mol. The lowest BCUT2D eigenvalue weighted by Gasteiger charge is -2.35. The first-order chi connectivity index (χ1) is 8.07. The number of ether oxygens (including phenoxy) is 1. The van der Waals surface area contributed by atoms with Gasteiger partial charge in [0.15, 0.2) is 0 Å². The van der Waals surface area contributed by atoms with Gasteiger partial charge in [-0.15, -0.1) is 6.58 Å². The van der Waals surface area contributed by atoms with Gasteiger partial charge < -0.3 is 15.0 Å². The predicted molar refractivity (Wildman–Crippen MR) is 64.4 cm³/mol. The number of carbonyl (C=O) groups is 2. The maximum atomic E-state index is 11.8. The van der Waals surface area contributed by atoms with Gasteiger partial charge >= 0.3 is 0 Å². The number of amides is 2. The quantitative estimate of drug-likeness (QED) is 0.537. The van der Waals surface area contributed by atoms with Gasteiger partial charge in [0.1, 0.15) is 12.1 Å². The molecule has 1 N–H and O–H groups in total. The minimum atomic E-state index is -0.438. The van der Waals surface area contributed by atoms with E-state index in [1.165, 1.54) is 0 Å². The molecule has 2 atom stereocenters. The molecule has 1 rings (SSSR count). The molecule has 0 radical (unpaired) electrons. The first-order valence-electron chi connectivity index (χ1n) is 5.87. The Morgan fingerprint density at radius 3 is 2.76 bits per heavy atom. The maximum Gasteiger partial charge on any atom is 0.245 e. The third-order valence-electron chi connectivity index (χ3n) is 2.80. The van der Waals surface area contributed by atoms with Crippen LogP contribution >= 0.6 is 0 Å². The number of nitrogens with one attached hydrogen (secondary N) is 1. The molecule has 2 amide bonds. The Hall–Kier alpha value is -1.36. The zero-order chi connectivity index (χ0) is 12.8. The fourth-order valence-electron chi connectivity index (χ4n) is 1.71. The zero-order valence-electron chi connectivity index (χ0n) is 10.4. The van der Waals surface area contributed by atoms with Crippen molar-refractivity contribution in [1.29, 1.82) is 0 Å². The standard InChI is InChI=1S/C12H20N2O3/c1-4-5-7-17-8-6-14-10(3)11(15)13-9(2)12(14)16/h4,9-10H,1,5-8H2,2-3H3,(H,13,15). The number of piperazine rings is 1. The fraction of sp³-hybridized carbons (Fsp3) is 0.667. The molecule has 0 aromatic carbocycles. The van der Waals surface area contributed by atoms with Crippen molar-refractivity contribution in [1.82, 2.24) is 10.2 Å². The van der Waals surface area contributed by atoms with Crippen LogP contribution in [0.5, 0.6) is 0 Å². The largest absolute Gasteiger partial charge is 0.379 e. The molecule has 5 nitrogen and oxygen atoms in total. The molecular formula is C12H20N2O3. The van der Waals surface area contributed by atoms with Gasteiger partial charge in [0.2, 0.25) is 11.8 Å². The van der Waals surface area contributed by atoms with Gasteiger partial charge in [-0.05, 0) is 20.3 Å². The van der Waals surface area contributed by atoms with Crippen LogP contribution in [-0.4, -0.2) is 48.6 Å². The Balaban J connectivity index is 2.41. The van der Waals surface area contributed by atoms with Crippen LogP contribution in [0.3, 0.4) is 0 Å². The molecule has 5 heteroatoms. The van der Waals surface area contributed by atoms with E-state index < -0.39 is 12.1 Å². The van der Waals surface area contributed by atoms with E-state index in [1.54, 1.807) is 24.8 Å². The molecule has 1 aliphatic heterocycles.